The Hall–Kier alpha value is -2.23. The van der Waals surface area contributed by atoms with Crippen molar-refractivity contribution < 1.29 is 14.9 Å². The van der Waals surface area contributed by atoms with Crippen LogP contribution >= 0.6 is 23.2 Å². The van der Waals surface area contributed by atoms with Gasteiger partial charge in [0.25, 0.3) is 0 Å². The van der Waals surface area contributed by atoms with Crippen molar-refractivity contribution in [2.75, 3.05) is 44.2 Å². The smallest absolute Gasteiger partial charge is 0.128 e. The highest BCUT2D eigenvalue weighted by Gasteiger charge is 2.47. The number of piperazine rings is 1. The number of pyridine rings is 1. The molecule has 2 saturated heterocycles. The van der Waals surface area contributed by atoms with Crippen molar-refractivity contribution in [3.05, 3.63) is 94.1 Å². The topological polar surface area (TPSA) is 72.3 Å². The third-order valence-corrected chi connectivity index (χ3v) is 7.85. The monoisotopic (exact) mass is 556 g/mol. The van der Waals surface area contributed by atoms with E-state index in [0.717, 1.165) is 43.1 Å². The first-order valence-corrected chi connectivity index (χ1v) is 13.8. The van der Waals surface area contributed by atoms with Gasteiger partial charge in [-0.25, -0.2) is 4.98 Å². The molecule has 2 aliphatic rings. The summed E-state index contributed by atoms with van der Waals surface area (Å²) in [6, 6.07) is 21.4. The van der Waals surface area contributed by atoms with Gasteiger partial charge >= 0.3 is 0 Å². The molecule has 38 heavy (non-hydrogen) atoms. The zero-order valence-electron chi connectivity index (χ0n) is 21.2. The number of nitrogens with zero attached hydrogens (tertiary/aromatic N) is 4. The van der Waals surface area contributed by atoms with Crippen molar-refractivity contribution in [1.82, 2.24) is 14.8 Å². The van der Waals surface area contributed by atoms with Gasteiger partial charge in [0, 0.05) is 62.1 Å². The highest BCUT2D eigenvalue weighted by atomic mass is 35.5. The van der Waals surface area contributed by atoms with Crippen molar-refractivity contribution >= 4 is 29.0 Å². The molecule has 2 fully saturated rings. The zero-order chi connectivity index (χ0) is 26.5. The average molecular weight is 558 g/mol. The standard InChI is InChI=1S/C29H34Cl2N4O3/c30-23-7-3-5-21(15-23)17-33(18-22-6-4-8-24(31)16-22)19-25-28(29(37)26(20-36)38-25)35-13-11-34(12-14-35)27-9-1-2-10-32-27/h1-10,15-16,25-26,28-29,36-37H,11-14,17-20H2/t25-,26+,28+,29-/m1/s1. The molecule has 3 heterocycles. The highest BCUT2D eigenvalue weighted by Crippen LogP contribution is 2.29. The fraction of sp³-hybridized carbons (Fsp3) is 0.414. The number of rotatable bonds is 9. The third kappa shape index (κ3) is 6.66. The summed E-state index contributed by atoms with van der Waals surface area (Å²) in [6.07, 6.45) is 0.151. The van der Waals surface area contributed by atoms with Gasteiger partial charge in [0.05, 0.1) is 18.8 Å². The van der Waals surface area contributed by atoms with E-state index in [4.69, 9.17) is 27.9 Å². The van der Waals surface area contributed by atoms with E-state index in [1.807, 2.05) is 60.8 Å². The molecule has 1 aromatic heterocycles. The average Bonchev–Trinajstić information content (AvgIpc) is 3.23. The minimum atomic E-state index is -0.773. The first-order valence-electron chi connectivity index (χ1n) is 13.1. The molecule has 202 valence electrons. The SMILES string of the molecule is OC[C@@H]1O[C@H](CN(Cc2cccc(Cl)c2)Cc2cccc(Cl)c2)[C@H](N2CCN(c3ccccn3)CC2)[C@@H]1O. The van der Waals surface area contributed by atoms with Gasteiger partial charge in [0.2, 0.25) is 0 Å². The maximum Gasteiger partial charge on any atom is 0.128 e. The maximum atomic E-state index is 11.2. The number of aliphatic hydroxyl groups excluding tert-OH is 2. The molecular formula is C29H34Cl2N4O3. The van der Waals surface area contributed by atoms with E-state index in [1.165, 1.54) is 0 Å². The fourth-order valence-corrected chi connectivity index (χ4v) is 6.02. The lowest BCUT2D eigenvalue weighted by molar-refractivity contribution is -0.0325. The predicted molar refractivity (Wildman–Crippen MR) is 151 cm³/mol. The summed E-state index contributed by atoms with van der Waals surface area (Å²) in [6.45, 7) is 4.86. The molecule has 2 N–H and O–H groups in total. The van der Waals surface area contributed by atoms with E-state index in [2.05, 4.69) is 31.8 Å². The Balaban J connectivity index is 1.33. The number of aromatic nitrogens is 1. The summed E-state index contributed by atoms with van der Waals surface area (Å²) in [5, 5.41) is 22.6. The lowest BCUT2D eigenvalue weighted by Crippen LogP contribution is -2.57. The molecule has 0 saturated carbocycles. The second-order valence-electron chi connectivity index (χ2n) is 10.0. The molecule has 0 unspecified atom stereocenters. The fourth-order valence-electron chi connectivity index (χ4n) is 5.60. The number of halogens is 2. The van der Waals surface area contributed by atoms with E-state index >= 15 is 0 Å². The van der Waals surface area contributed by atoms with E-state index in [-0.39, 0.29) is 18.8 Å². The summed E-state index contributed by atoms with van der Waals surface area (Å²) in [4.78, 5) is 11.4. The van der Waals surface area contributed by atoms with Crippen LogP contribution in [0.3, 0.4) is 0 Å². The second kappa shape index (κ2) is 12.7. The molecule has 0 spiro atoms. The molecule has 9 heteroatoms. The van der Waals surface area contributed by atoms with E-state index in [0.29, 0.717) is 29.7 Å². The van der Waals surface area contributed by atoms with Crippen LogP contribution in [0, 0.1) is 0 Å². The van der Waals surface area contributed by atoms with E-state index < -0.39 is 12.2 Å². The van der Waals surface area contributed by atoms with Gasteiger partial charge in [-0.15, -0.1) is 0 Å². The summed E-state index contributed by atoms with van der Waals surface area (Å²) in [5.41, 5.74) is 2.19. The molecule has 0 amide bonds. The summed E-state index contributed by atoms with van der Waals surface area (Å²) < 4.78 is 6.29. The van der Waals surface area contributed by atoms with Crippen LogP contribution in [0.25, 0.3) is 0 Å². The van der Waals surface area contributed by atoms with Crippen molar-refractivity contribution in [3.8, 4) is 0 Å². The molecule has 0 radical (unpaired) electrons. The normalized spacial score (nSPS) is 24.3. The Labute approximate surface area is 234 Å². The van der Waals surface area contributed by atoms with Gasteiger partial charge in [-0.2, -0.15) is 0 Å². The van der Waals surface area contributed by atoms with Crippen LogP contribution in [0.4, 0.5) is 5.82 Å². The molecule has 2 aromatic carbocycles. The Bertz CT molecular complexity index is 1130. The van der Waals surface area contributed by atoms with Crippen LogP contribution in [-0.4, -0.2) is 88.7 Å². The van der Waals surface area contributed by atoms with E-state index in [9.17, 15) is 10.2 Å². The van der Waals surface area contributed by atoms with E-state index in [1.54, 1.807) is 0 Å². The molecule has 3 aromatic rings. The second-order valence-corrected chi connectivity index (χ2v) is 10.9. The van der Waals surface area contributed by atoms with Crippen molar-refractivity contribution in [2.45, 2.75) is 37.4 Å². The summed E-state index contributed by atoms with van der Waals surface area (Å²) in [5.74, 6) is 0.967. The minimum absolute atomic E-state index is 0.218. The summed E-state index contributed by atoms with van der Waals surface area (Å²) >= 11 is 12.6. The van der Waals surface area contributed by atoms with Gasteiger partial charge in [-0.05, 0) is 47.5 Å². The number of hydrogen-bond donors (Lipinski definition) is 2. The van der Waals surface area contributed by atoms with Gasteiger partial charge in [-0.3, -0.25) is 9.80 Å². The number of ether oxygens (including phenoxy) is 1. The van der Waals surface area contributed by atoms with Crippen molar-refractivity contribution in [3.63, 3.8) is 0 Å². The molecule has 5 rings (SSSR count). The van der Waals surface area contributed by atoms with Crippen LogP contribution in [0.5, 0.6) is 0 Å². The Morgan fingerprint density at radius 3 is 2.08 bits per heavy atom. The molecule has 2 aliphatic heterocycles. The Kier molecular flexibility index (Phi) is 9.17. The van der Waals surface area contributed by atoms with Gasteiger partial charge < -0.3 is 19.8 Å². The molecule has 0 bridgehead atoms. The quantitative estimate of drug-likeness (QED) is 0.416. The third-order valence-electron chi connectivity index (χ3n) is 7.38. The van der Waals surface area contributed by atoms with Crippen molar-refractivity contribution in [1.29, 1.82) is 0 Å². The molecule has 0 aliphatic carbocycles. The number of benzene rings is 2. The molecule has 4 atom stereocenters. The van der Waals surface area contributed by atoms with Crippen LogP contribution < -0.4 is 4.90 Å². The van der Waals surface area contributed by atoms with Gasteiger partial charge in [-0.1, -0.05) is 53.5 Å². The maximum absolute atomic E-state index is 11.2. The lowest BCUT2D eigenvalue weighted by Gasteiger charge is -2.41. The van der Waals surface area contributed by atoms with Gasteiger partial charge in [0.1, 0.15) is 18.0 Å². The molecule has 7 nitrogen and oxygen atoms in total. The highest BCUT2D eigenvalue weighted by molar-refractivity contribution is 6.30. The lowest BCUT2D eigenvalue weighted by atomic mass is 10.0. The van der Waals surface area contributed by atoms with Crippen LogP contribution in [-0.2, 0) is 17.8 Å². The minimum Gasteiger partial charge on any atom is -0.394 e. The largest absolute Gasteiger partial charge is 0.394 e. The number of aliphatic hydroxyl groups is 2. The zero-order valence-corrected chi connectivity index (χ0v) is 22.8. The van der Waals surface area contributed by atoms with Crippen LogP contribution in [0.2, 0.25) is 10.0 Å². The van der Waals surface area contributed by atoms with Crippen molar-refractivity contribution in [2.24, 2.45) is 0 Å². The van der Waals surface area contributed by atoms with Gasteiger partial charge in [0.15, 0.2) is 0 Å². The first-order chi connectivity index (χ1) is 18.5. The predicted octanol–water partition coefficient (Wildman–Crippen LogP) is 3.70. The first kappa shape index (κ1) is 27.3. The summed E-state index contributed by atoms with van der Waals surface area (Å²) in [7, 11) is 0. The Morgan fingerprint density at radius 2 is 1.53 bits per heavy atom. The van der Waals surface area contributed by atoms with Crippen LogP contribution in [0.15, 0.2) is 72.9 Å². The van der Waals surface area contributed by atoms with Crippen LogP contribution in [0.1, 0.15) is 11.1 Å². The number of anilines is 1. The number of hydrogen-bond acceptors (Lipinski definition) is 7. The molecular weight excluding hydrogens is 523 g/mol. The Morgan fingerprint density at radius 1 is 0.868 bits per heavy atom.